The molecule has 5 nitrogen and oxygen atoms in total. The van der Waals surface area contributed by atoms with Gasteiger partial charge < -0.3 is 5.73 Å². The molecule has 0 saturated carbocycles. The number of nitrogens with zero attached hydrogens (tertiary/aromatic N) is 2. The Kier molecular flexibility index (Phi) is 3.81. The average molecular weight is 377 g/mol. The normalized spacial score (nSPS) is 12.4. The van der Waals surface area contributed by atoms with Crippen LogP contribution in [0.25, 0.3) is 22.4 Å². The summed E-state index contributed by atoms with van der Waals surface area (Å²) in [5.74, 6) is -0.338. The van der Waals surface area contributed by atoms with E-state index in [9.17, 15) is 9.59 Å². The third kappa shape index (κ3) is 2.63. The zero-order chi connectivity index (χ0) is 20.0. The van der Waals surface area contributed by atoms with Gasteiger partial charge in [0.1, 0.15) is 5.69 Å². The Hall–Kier alpha value is -4.12. The van der Waals surface area contributed by atoms with Crippen LogP contribution < -0.4 is 5.73 Å². The van der Waals surface area contributed by atoms with Crippen LogP contribution in [-0.2, 0) is 0 Å². The van der Waals surface area contributed by atoms with Gasteiger partial charge in [-0.05, 0) is 23.8 Å². The van der Waals surface area contributed by atoms with Crippen LogP contribution >= 0.6 is 0 Å². The summed E-state index contributed by atoms with van der Waals surface area (Å²) in [7, 11) is 0. The van der Waals surface area contributed by atoms with E-state index in [2.05, 4.69) is 10.2 Å². The van der Waals surface area contributed by atoms with Crippen LogP contribution in [0, 0.1) is 0 Å². The Balaban J connectivity index is 1.76. The predicted octanol–water partition coefficient (Wildman–Crippen LogP) is 4.17. The quantitative estimate of drug-likeness (QED) is 0.467. The maximum Gasteiger partial charge on any atom is 0.195 e. The van der Waals surface area contributed by atoms with E-state index in [0.29, 0.717) is 39.2 Å². The molecule has 0 bridgehead atoms. The lowest BCUT2D eigenvalue weighted by Gasteiger charge is -2.20. The van der Waals surface area contributed by atoms with Crippen LogP contribution in [0.3, 0.4) is 0 Å². The minimum atomic E-state index is -0.181. The van der Waals surface area contributed by atoms with Gasteiger partial charge in [0, 0.05) is 39.1 Å². The Morgan fingerprint density at radius 3 is 2.03 bits per heavy atom. The fourth-order valence-corrected chi connectivity index (χ4v) is 3.77. The van der Waals surface area contributed by atoms with Crippen LogP contribution in [0.2, 0.25) is 0 Å². The van der Waals surface area contributed by atoms with Gasteiger partial charge >= 0.3 is 0 Å². The van der Waals surface area contributed by atoms with E-state index < -0.39 is 0 Å². The molecule has 29 heavy (non-hydrogen) atoms. The van der Waals surface area contributed by atoms with Crippen molar-refractivity contribution in [1.82, 2.24) is 10.2 Å². The molecule has 0 atom stereocenters. The zero-order valence-corrected chi connectivity index (χ0v) is 15.3. The number of ketones is 2. The number of rotatable bonds is 2. The summed E-state index contributed by atoms with van der Waals surface area (Å²) in [6.07, 6.45) is 1.60. The average Bonchev–Trinajstić information content (AvgIpc) is 2.77. The number of benzene rings is 3. The number of hydrogen-bond donors (Lipinski definition) is 1. The molecular formula is C24H15N3O2. The van der Waals surface area contributed by atoms with Crippen molar-refractivity contribution in [1.29, 1.82) is 0 Å². The second-order valence-corrected chi connectivity index (χ2v) is 6.85. The van der Waals surface area contributed by atoms with Crippen molar-refractivity contribution in [2.45, 2.75) is 0 Å². The highest BCUT2D eigenvalue weighted by Crippen LogP contribution is 2.37. The smallest absolute Gasteiger partial charge is 0.195 e. The summed E-state index contributed by atoms with van der Waals surface area (Å²) in [4.78, 5) is 26.4. The Morgan fingerprint density at radius 2 is 1.28 bits per heavy atom. The highest BCUT2D eigenvalue weighted by molar-refractivity contribution is 6.30. The molecule has 0 saturated heterocycles. The lowest BCUT2D eigenvalue weighted by atomic mass is 9.80. The first kappa shape index (κ1) is 17.0. The van der Waals surface area contributed by atoms with Gasteiger partial charge in [0.25, 0.3) is 0 Å². The number of carbonyl (C=O) groups excluding carboxylic acids is 2. The third-order valence-corrected chi connectivity index (χ3v) is 5.15. The van der Waals surface area contributed by atoms with Gasteiger partial charge in [0.2, 0.25) is 0 Å². The number of hydrogen-bond acceptors (Lipinski definition) is 5. The summed E-state index contributed by atoms with van der Waals surface area (Å²) < 4.78 is 0. The summed E-state index contributed by atoms with van der Waals surface area (Å²) in [5, 5.41) is 8.36. The Morgan fingerprint density at radius 1 is 0.621 bits per heavy atom. The predicted molar refractivity (Wildman–Crippen MR) is 111 cm³/mol. The van der Waals surface area contributed by atoms with E-state index in [0.717, 1.165) is 11.1 Å². The van der Waals surface area contributed by atoms with Gasteiger partial charge in [0.05, 0.1) is 6.20 Å². The number of fused-ring (bicyclic) bond motifs is 2. The topological polar surface area (TPSA) is 85.9 Å². The standard InChI is InChI=1S/C24H15N3O2/c25-15-10-8-14(9-11-15)16-12-13-26-27-22(16)19-6-3-7-20-21(19)24(29)18-5-2-1-4-17(18)23(20)28/h1-13H,25H2. The van der Waals surface area contributed by atoms with Crippen molar-refractivity contribution < 1.29 is 9.59 Å². The summed E-state index contributed by atoms with van der Waals surface area (Å²) >= 11 is 0. The highest BCUT2D eigenvalue weighted by atomic mass is 16.1. The molecule has 4 aromatic rings. The molecular weight excluding hydrogens is 362 g/mol. The first-order valence-electron chi connectivity index (χ1n) is 9.14. The fourth-order valence-electron chi connectivity index (χ4n) is 3.77. The summed E-state index contributed by atoms with van der Waals surface area (Å²) in [5.41, 5.74) is 10.9. The molecule has 0 aliphatic heterocycles. The minimum Gasteiger partial charge on any atom is -0.399 e. The highest BCUT2D eigenvalue weighted by Gasteiger charge is 2.32. The van der Waals surface area contributed by atoms with Crippen molar-refractivity contribution in [3.63, 3.8) is 0 Å². The van der Waals surface area contributed by atoms with Gasteiger partial charge in [-0.3, -0.25) is 9.59 Å². The maximum absolute atomic E-state index is 13.3. The number of anilines is 1. The lowest BCUT2D eigenvalue weighted by molar-refractivity contribution is 0.0979. The molecule has 3 aromatic carbocycles. The second kappa shape index (κ2) is 6.49. The fraction of sp³-hybridized carbons (Fsp3) is 0. The molecule has 0 fully saturated rings. The van der Waals surface area contributed by atoms with Crippen molar-refractivity contribution in [3.05, 3.63) is 101 Å². The molecule has 0 unspecified atom stereocenters. The van der Waals surface area contributed by atoms with Crippen LogP contribution in [0.1, 0.15) is 31.8 Å². The van der Waals surface area contributed by atoms with E-state index in [1.54, 1.807) is 42.6 Å². The van der Waals surface area contributed by atoms with Crippen molar-refractivity contribution >= 4 is 17.3 Å². The van der Waals surface area contributed by atoms with Crippen LogP contribution in [0.15, 0.2) is 79.0 Å². The van der Waals surface area contributed by atoms with E-state index in [-0.39, 0.29) is 11.6 Å². The molecule has 0 spiro atoms. The van der Waals surface area contributed by atoms with Crippen molar-refractivity contribution in [2.24, 2.45) is 0 Å². The molecule has 138 valence electrons. The maximum atomic E-state index is 13.3. The molecule has 1 heterocycles. The number of nitrogen functional groups attached to an aromatic ring is 1. The van der Waals surface area contributed by atoms with Crippen molar-refractivity contribution in [2.75, 3.05) is 5.73 Å². The van der Waals surface area contributed by atoms with Gasteiger partial charge in [0.15, 0.2) is 11.6 Å². The second-order valence-electron chi connectivity index (χ2n) is 6.85. The largest absolute Gasteiger partial charge is 0.399 e. The van der Waals surface area contributed by atoms with Gasteiger partial charge in [-0.25, -0.2) is 0 Å². The van der Waals surface area contributed by atoms with E-state index in [1.165, 1.54) is 0 Å². The molecule has 1 aliphatic carbocycles. The van der Waals surface area contributed by atoms with E-state index in [1.807, 2.05) is 36.4 Å². The number of nitrogens with two attached hydrogens (primary N) is 1. The Labute approximate surface area is 166 Å². The SMILES string of the molecule is Nc1ccc(-c2ccnnc2-c2cccc3c2C(=O)c2ccccc2C3=O)cc1. The van der Waals surface area contributed by atoms with Gasteiger partial charge in [-0.1, -0.05) is 54.6 Å². The first-order chi connectivity index (χ1) is 14.1. The zero-order valence-electron chi connectivity index (χ0n) is 15.3. The third-order valence-electron chi connectivity index (χ3n) is 5.15. The molecule has 1 aromatic heterocycles. The van der Waals surface area contributed by atoms with Gasteiger partial charge in [-0.2, -0.15) is 5.10 Å². The first-order valence-corrected chi connectivity index (χ1v) is 9.14. The minimum absolute atomic E-state index is 0.157. The Bertz CT molecular complexity index is 1290. The molecule has 5 rings (SSSR count). The summed E-state index contributed by atoms with van der Waals surface area (Å²) in [6, 6.07) is 21.4. The van der Waals surface area contributed by atoms with Crippen LogP contribution in [0.4, 0.5) is 5.69 Å². The number of carbonyl (C=O) groups is 2. The van der Waals surface area contributed by atoms with Crippen LogP contribution in [-0.4, -0.2) is 21.8 Å². The molecule has 1 aliphatic rings. The number of aromatic nitrogens is 2. The lowest BCUT2D eigenvalue weighted by Crippen LogP contribution is -2.21. The molecule has 2 N–H and O–H groups in total. The van der Waals surface area contributed by atoms with Gasteiger partial charge in [-0.15, -0.1) is 5.10 Å². The molecule has 0 radical (unpaired) electrons. The van der Waals surface area contributed by atoms with E-state index in [4.69, 9.17) is 5.73 Å². The molecule has 5 heteroatoms. The van der Waals surface area contributed by atoms with Crippen molar-refractivity contribution in [3.8, 4) is 22.4 Å². The summed E-state index contributed by atoms with van der Waals surface area (Å²) in [6.45, 7) is 0. The monoisotopic (exact) mass is 377 g/mol. The molecule has 0 amide bonds. The van der Waals surface area contributed by atoms with Crippen LogP contribution in [0.5, 0.6) is 0 Å². The van der Waals surface area contributed by atoms with E-state index >= 15 is 0 Å².